The highest BCUT2D eigenvalue weighted by Crippen LogP contribution is 2.35. The van der Waals surface area contributed by atoms with Crippen LogP contribution in [-0.4, -0.2) is 28.9 Å². The first-order valence-electron chi connectivity index (χ1n) is 7.95. The molecule has 0 spiro atoms. The average Bonchev–Trinajstić information content (AvgIpc) is 2.62. The summed E-state index contributed by atoms with van der Waals surface area (Å²) >= 11 is 6.10. The Labute approximate surface area is 150 Å². The van der Waals surface area contributed by atoms with Gasteiger partial charge in [0.15, 0.2) is 11.6 Å². The number of pyridine rings is 1. The summed E-state index contributed by atoms with van der Waals surface area (Å²) in [5.74, 6) is -0.144. The van der Waals surface area contributed by atoms with Gasteiger partial charge in [0.1, 0.15) is 0 Å². The molecule has 3 rings (SSSR count). The number of hydrogen-bond donors (Lipinski definition) is 1. The van der Waals surface area contributed by atoms with Crippen molar-refractivity contribution >= 4 is 29.2 Å². The summed E-state index contributed by atoms with van der Waals surface area (Å²) in [7, 11) is 0. The number of rotatable bonds is 4. The normalized spacial score (nSPS) is 19.2. The molecule has 6 nitrogen and oxygen atoms in total. The van der Waals surface area contributed by atoms with Gasteiger partial charge in [-0.3, -0.25) is 14.5 Å². The van der Waals surface area contributed by atoms with Crippen LogP contribution in [0.25, 0.3) is 0 Å². The first-order valence-corrected chi connectivity index (χ1v) is 8.33. The standard InChI is InChI=1S/C18H18ClN3O3/c1-3-22-15-14(9-6-10-20-15)25-18(2,17(22)24)16(23)21-11-12-7-4-5-8-13(12)19/h4-10H,3,11H2,1-2H3,(H,21,23)/t18-/m1/s1. The zero-order valence-corrected chi connectivity index (χ0v) is 14.7. The molecule has 1 aromatic carbocycles. The fraction of sp³-hybridized carbons (Fsp3) is 0.278. The van der Waals surface area contributed by atoms with Gasteiger partial charge in [-0.2, -0.15) is 0 Å². The molecular weight excluding hydrogens is 342 g/mol. The number of nitrogens with one attached hydrogen (secondary N) is 1. The molecule has 130 valence electrons. The lowest BCUT2D eigenvalue weighted by Crippen LogP contribution is -2.62. The molecule has 1 aliphatic heterocycles. The maximum absolute atomic E-state index is 12.8. The highest BCUT2D eigenvalue weighted by molar-refractivity contribution is 6.31. The minimum atomic E-state index is -1.66. The molecule has 2 aromatic rings. The average molecular weight is 360 g/mol. The Kier molecular flexibility index (Phi) is 4.63. The third kappa shape index (κ3) is 3.05. The van der Waals surface area contributed by atoms with E-state index in [1.54, 1.807) is 24.4 Å². The molecule has 0 bridgehead atoms. The second-order valence-electron chi connectivity index (χ2n) is 5.78. The summed E-state index contributed by atoms with van der Waals surface area (Å²) in [5.41, 5.74) is -0.897. The van der Waals surface area contributed by atoms with Crippen molar-refractivity contribution in [3.05, 3.63) is 53.2 Å². The summed E-state index contributed by atoms with van der Waals surface area (Å²) in [6.07, 6.45) is 1.58. The number of amides is 2. The van der Waals surface area contributed by atoms with Gasteiger partial charge in [-0.05, 0) is 37.6 Å². The van der Waals surface area contributed by atoms with Gasteiger partial charge in [0, 0.05) is 24.3 Å². The van der Waals surface area contributed by atoms with Crippen LogP contribution in [0.1, 0.15) is 19.4 Å². The third-order valence-corrected chi connectivity index (χ3v) is 4.49. The predicted molar refractivity (Wildman–Crippen MR) is 94.6 cm³/mol. The molecule has 0 saturated heterocycles. The first kappa shape index (κ1) is 17.2. The lowest BCUT2D eigenvalue weighted by Gasteiger charge is -2.38. The summed E-state index contributed by atoms with van der Waals surface area (Å²) in [5, 5.41) is 3.29. The van der Waals surface area contributed by atoms with Gasteiger partial charge in [-0.1, -0.05) is 29.8 Å². The Hall–Kier alpha value is -2.60. The van der Waals surface area contributed by atoms with Crippen molar-refractivity contribution in [3.8, 4) is 5.75 Å². The van der Waals surface area contributed by atoms with Gasteiger partial charge in [0.05, 0.1) is 0 Å². The number of benzene rings is 1. The van der Waals surface area contributed by atoms with E-state index in [2.05, 4.69) is 10.3 Å². The highest BCUT2D eigenvalue weighted by Gasteiger charge is 2.50. The summed E-state index contributed by atoms with van der Waals surface area (Å²) < 4.78 is 5.75. The van der Waals surface area contributed by atoms with E-state index in [0.29, 0.717) is 23.1 Å². The summed E-state index contributed by atoms with van der Waals surface area (Å²) in [6.45, 7) is 3.88. The Balaban J connectivity index is 1.84. The van der Waals surface area contributed by atoms with Gasteiger partial charge >= 0.3 is 0 Å². The van der Waals surface area contributed by atoms with Gasteiger partial charge in [-0.15, -0.1) is 0 Å². The molecule has 1 atom stereocenters. The SMILES string of the molecule is CCN1C(=O)[C@@](C)(C(=O)NCc2ccccc2Cl)Oc2cccnc21. The van der Waals surface area contributed by atoms with Crippen molar-refractivity contribution in [1.29, 1.82) is 0 Å². The monoisotopic (exact) mass is 359 g/mol. The second-order valence-corrected chi connectivity index (χ2v) is 6.19. The van der Waals surface area contributed by atoms with Gasteiger partial charge in [0.25, 0.3) is 17.4 Å². The minimum Gasteiger partial charge on any atom is -0.464 e. The Morgan fingerprint density at radius 1 is 1.32 bits per heavy atom. The van der Waals surface area contributed by atoms with E-state index in [0.717, 1.165) is 5.56 Å². The smallest absolute Gasteiger partial charge is 0.282 e. The van der Waals surface area contributed by atoms with Crippen molar-refractivity contribution in [3.63, 3.8) is 0 Å². The largest absolute Gasteiger partial charge is 0.464 e. The second kappa shape index (κ2) is 6.72. The maximum Gasteiger partial charge on any atom is 0.282 e. The highest BCUT2D eigenvalue weighted by atomic mass is 35.5. The number of ether oxygens (including phenoxy) is 1. The number of halogens is 1. The summed E-state index contributed by atoms with van der Waals surface area (Å²) in [4.78, 5) is 31.2. The van der Waals surface area contributed by atoms with Gasteiger partial charge in [-0.25, -0.2) is 4.98 Å². The number of anilines is 1. The molecule has 2 heterocycles. The van der Waals surface area contributed by atoms with Crippen LogP contribution in [0.5, 0.6) is 5.75 Å². The van der Waals surface area contributed by atoms with Crippen LogP contribution >= 0.6 is 11.6 Å². The van der Waals surface area contributed by atoms with Crippen LogP contribution in [0.15, 0.2) is 42.6 Å². The number of carbonyl (C=O) groups excluding carboxylic acids is 2. The summed E-state index contributed by atoms with van der Waals surface area (Å²) in [6, 6.07) is 10.6. The Morgan fingerprint density at radius 3 is 2.80 bits per heavy atom. The molecule has 0 fully saturated rings. The van der Waals surface area contributed by atoms with Crippen LogP contribution in [0, 0.1) is 0 Å². The number of hydrogen-bond acceptors (Lipinski definition) is 4. The van der Waals surface area contributed by atoms with E-state index in [4.69, 9.17) is 16.3 Å². The molecule has 0 unspecified atom stereocenters. The van der Waals surface area contributed by atoms with Gasteiger partial charge < -0.3 is 10.1 Å². The Bertz CT molecular complexity index is 827. The first-order chi connectivity index (χ1) is 12.0. The number of likely N-dealkylation sites (N-methyl/N-ethyl adjacent to an activating group) is 1. The quantitative estimate of drug-likeness (QED) is 0.852. The van der Waals surface area contributed by atoms with Crippen LogP contribution in [0.3, 0.4) is 0 Å². The topological polar surface area (TPSA) is 71.5 Å². The van der Waals surface area contributed by atoms with Gasteiger partial charge in [0.2, 0.25) is 0 Å². The molecule has 1 aliphatic rings. The van der Waals surface area contributed by atoms with E-state index >= 15 is 0 Å². The predicted octanol–water partition coefficient (Wildman–Crippen LogP) is 2.56. The fourth-order valence-electron chi connectivity index (χ4n) is 2.70. The van der Waals surface area contributed by atoms with Crippen molar-refractivity contribution in [2.45, 2.75) is 26.0 Å². The van der Waals surface area contributed by atoms with Crippen molar-refractivity contribution in [1.82, 2.24) is 10.3 Å². The zero-order chi connectivity index (χ0) is 18.0. The number of nitrogens with zero attached hydrogens (tertiary/aromatic N) is 2. The molecule has 1 N–H and O–H groups in total. The molecule has 0 aliphatic carbocycles. The number of fused-ring (bicyclic) bond motifs is 1. The number of carbonyl (C=O) groups is 2. The lowest BCUT2D eigenvalue weighted by atomic mass is 10.0. The lowest BCUT2D eigenvalue weighted by molar-refractivity contribution is -0.148. The van der Waals surface area contributed by atoms with Crippen LogP contribution < -0.4 is 15.0 Å². The minimum absolute atomic E-state index is 0.205. The number of aromatic nitrogens is 1. The van der Waals surface area contributed by atoms with E-state index < -0.39 is 17.4 Å². The molecule has 0 radical (unpaired) electrons. The third-order valence-electron chi connectivity index (χ3n) is 4.12. The zero-order valence-electron chi connectivity index (χ0n) is 14.0. The van der Waals surface area contributed by atoms with Crippen LogP contribution in [0.4, 0.5) is 5.82 Å². The van der Waals surface area contributed by atoms with Crippen molar-refractivity contribution < 1.29 is 14.3 Å². The Morgan fingerprint density at radius 2 is 2.08 bits per heavy atom. The van der Waals surface area contributed by atoms with E-state index in [-0.39, 0.29) is 6.54 Å². The molecular formula is C18H18ClN3O3. The van der Waals surface area contributed by atoms with Crippen LogP contribution in [-0.2, 0) is 16.1 Å². The van der Waals surface area contributed by atoms with Crippen LogP contribution in [0.2, 0.25) is 5.02 Å². The molecule has 25 heavy (non-hydrogen) atoms. The van der Waals surface area contributed by atoms with E-state index in [1.807, 2.05) is 25.1 Å². The molecule has 7 heteroatoms. The fourth-order valence-corrected chi connectivity index (χ4v) is 2.91. The van der Waals surface area contributed by atoms with Crippen molar-refractivity contribution in [2.24, 2.45) is 0 Å². The maximum atomic E-state index is 12.8. The van der Waals surface area contributed by atoms with Crippen molar-refractivity contribution in [2.75, 3.05) is 11.4 Å². The van der Waals surface area contributed by atoms with E-state index in [9.17, 15) is 9.59 Å². The molecule has 2 amide bonds. The molecule has 0 saturated carbocycles. The molecule has 1 aromatic heterocycles. The van der Waals surface area contributed by atoms with E-state index in [1.165, 1.54) is 11.8 Å².